The fraction of sp³-hybridized carbons (Fsp3) is 0.667. The van der Waals surface area contributed by atoms with E-state index in [-0.39, 0.29) is 17.8 Å². The molecule has 4 heteroatoms. The van der Waals surface area contributed by atoms with Gasteiger partial charge in [-0.15, -0.1) is 0 Å². The largest absolute Gasteiger partial charge is 0.469 e. The Labute approximate surface area is 58.3 Å². The van der Waals surface area contributed by atoms with Gasteiger partial charge in [-0.3, -0.25) is 9.59 Å². The molecule has 0 aromatic heterocycles. The number of hydrogen-bond donors (Lipinski definition) is 1. The number of rotatable bonds is 2. The fourth-order valence-corrected chi connectivity index (χ4v) is 0.921. The molecular formula is C6H9NO3. The van der Waals surface area contributed by atoms with Crippen molar-refractivity contribution in [3.8, 4) is 0 Å². The second kappa shape index (κ2) is 2.28. The first-order chi connectivity index (χ1) is 4.66. The maximum Gasteiger partial charge on any atom is 0.309 e. The van der Waals surface area contributed by atoms with Gasteiger partial charge >= 0.3 is 5.97 Å². The van der Waals surface area contributed by atoms with Gasteiger partial charge in [0.25, 0.3) is 0 Å². The van der Waals surface area contributed by atoms with Crippen molar-refractivity contribution < 1.29 is 14.3 Å². The van der Waals surface area contributed by atoms with Gasteiger partial charge in [0.1, 0.15) is 0 Å². The molecule has 1 fully saturated rings. The van der Waals surface area contributed by atoms with Crippen molar-refractivity contribution >= 4 is 11.9 Å². The second-order valence-electron chi connectivity index (χ2n) is 2.37. The summed E-state index contributed by atoms with van der Waals surface area (Å²) in [5.41, 5.74) is 4.93. The highest BCUT2D eigenvalue weighted by Gasteiger charge is 2.47. The van der Waals surface area contributed by atoms with Crippen LogP contribution in [0.15, 0.2) is 0 Å². The number of carbonyl (C=O) groups excluding carboxylic acids is 2. The Morgan fingerprint density at radius 3 is 2.40 bits per heavy atom. The number of amides is 1. The number of methoxy groups -OCH3 is 1. The van der Waals surface area contributed by atoms with E-state index in [1.54, 1.807) is 0 Å². The number of nitrogens with two attached hydrogens (primary N) is 1. The van der Waals surface area contributed by atoms with Crippen molar-refractivity contribution in [2.24, 2.45) is 17.6 Å². The van der Waals surface area contributed by atoms with Crippen molar-refractivity contribution in [2.45, 2.75) is 6.42 Å². The van der Waals surface area contributed by atoms with E-state index >= 15 is 0 Å². The molecule has 0 heterocycles. The van der Waals surface area contributed by atoms with Gasteiger partial charge < -0.3 is 10.5 Å². The third kappa shape index (κ3) is 1.10. The average Bonchev–Trinajstić information content (AvgIpc) is 2.64. The Bertz CT molecular complexity index is 178. The van der Waals surface area contributed by atoms with Gasteiger partial charge in [-0.25, -0.2) is 0 Å². The zero-order chi connectivity index (χ0) is 7.72. The normalized spacial score (nSPS) is 29.3. The van der Waals surface area contributed by atoms with Crippen LogP contribution in [0.4, 0.5) is 0 Å². The predicted molar refractivity (Wildman–Crippen MR) is 32.8 cm³/mol. The molecule has 1 amide bonds. The smallest absolute Gasteiger partial charge is 0.309 e. The number of primary amides is 1. The van der Waals surface area contributed by atoms with E-state index in [1.807, 2.05) is 0 Å². The molecule has 2 N–H and O–H groups in total. The molecule has 2 atom stereocenters. The SMILES string of the molecule is COC(=O)C1CC1C(N)=O. The molecule has 0 spiro atoms. The lowest BCUT2D eigenvalue weighted by Gasteiger charge is -1.93. The maximum atomic E-state index is 10.7. The molecule has 0 aliphatic heterocycles. The number of hydrogen-bond acceptors (Lipinski definition) is 3. The molecule has 0 aromatic carbocycles. The third-order valence-electron chi connectivity index (χ3n) is 1.66. The Morgan fingerprint density at radius 2 is 2.10 bits per heavy atom. The lowest BCUT2D eigenvalue weighted by Crippen LogP contribution is -2.17. The van der Waals surface area contributed by atoms with Gasteiger partial charge in [0.05, 0.1) is 18.9 Å². The van der Waals surface area contributed by atoms with Gasteiger partial charge in [-0.1, -0.05) is 0 Å². The van der Waals surface area contributed by atoms with Crippen LogP contribution in [0.5, 0.6) is 0 Å². The van der Waals surface area contributed by atoms with Gasteiger partial charge in [-0.05, 0) is 6.42 Å². The Kier molecular flexibility index (Phi) is 1.61. The monoisotopic (exact) mass is 143 g/mol. The topological polar surface area (TPSA) is 69.4 Å². The summed E-state index contributed by atoms with van der Waals surface area (Å²) < 4.78 is 4.41. The summed E-state index contributed by atoms with van der Waals surface area (Å²) >= 11 is 0. The average molecular weight is 143 g/mol. The van der Waals surface area contributed by atoms with Crippen LogP contribution >= 0.6 is 0 Å². The molecule has 10 heavy (non-hydrogen) atoms. The van der Waals surface area contributed by atoms with Crippen LogP contribution < -0.4 is 5.73 Å². The minimum atomic E-state index is -0.407. The first-order valence-electron chi connectivity index (χ1n) is 3.04. The minimum Gasteiger partial charge on any atom is -0.469 e. The van der Waals surface area contributed by atoms with Crippen molar-refractivity contribution in [2.75, 3.05) is 7.11 Å². The van der Waals surface area contributed by atoms with Crippen molar-refractivity contribution in [3.05, 3.63) is 0 Å². The molecule has 2 unspecified atom stereocenters. The summed E-state index contributed by atoms with van der Waals surface area (Å²) in [6.45, 7) is 0. The van der Waals surface area contributed by atoms with Gasteiger partial charge in [-0.2, -0.15) is 0 Å². The lowest BCUT2D eigenvalue weighted by molar-refractivity contribution is -0.143. The molecule has 4 nitrogen and oxygen atoms in total. The highest BCUT2D eigenvalue weighted by atomic mass is 16.5. The number of ether oxygens (including phenoxy) is 1. The van der Waals surface area contributed by atoms with Crippen LogP contribution in [0, 0.1) is 11.8 Å². The second-order valence-corrected chi connectivity index (χ2v) is 2.37. The summed E-state index contributed by atoms with van der Waals surface area (Å²) in [4.78, 5) is 21.1. The molecule has 1 saturated carbocycles. The quantitative estimate of drug-likeness (QED) is 0.518. The zero-order valence-electron chi connectivity index (χ0n) is 5.66. The molecule has 1 aliphatic rings. The van der Waals surface area contributed by atoms with E-state index in [4.69, 9.17) is 5.73 Å². The first-order valence-corrected chi connectivity index (χ1v) is 3.04. The summed E-state index contributed by atoms with van der Waals surface area (Å²) in [6, 6.07) is 0. The lowest BCUT2D eigenvalue weighted by atomic mass is 10.3. The van der Waals surface area contributed by atoms with Crippen LogP contribution in [-0.4, -0.2) is 19.0 Å². The van der Waals surface area contributed by atoms with E-state index in [9.17, 15) is 9.59 Å². The molecular weight excluding hydrogens is 134 g/mol. The standard InChI is InChI=1S/C6H9NO3/c1-10-6(9)4-2-3(4)5(7)8/h3-4H,2H2,1H3,(H2,7,8). The fourth-order valence-electron chi connectivity index (χ4n) is 0.921. The number of esters is 1. The summed E-state index contributed by atoms with van der Waals surface area (Å²) in [5, 5.41) is 0. The van der Waals surface area contributed by atoms with E-state index in [2.05, 4.69) is 4.74 Å². The van der Waals surface area contributed by atoms with Gasteiger partial charge in [0.2, 0.25) is 5.91 Å². The van der Waals surface area contributed by atoms with E-state index in [0.29, 0.717) is 6.42 Å². The van der Waals surface area contributed by atoms with E-state index in [0.717, 1.165) is 0 Å². The maximum absolute atomic E-state index is 10.7. The van der Waals surface area contributed by atoms with E-state index < -0.39 is 5.91 Å². The van der Waals surface area contributed by atoms with Gasteiger partial charge in [0.15, 0.2) is 0 Å². The Hall–Kier alpha value is -1.06. The molecule has 0 bridgehead atoms. The molecule has 0 saturated heterocycles. The molecule has 0 aromatic rings. The number of carbonyl (C=O) groups is 2. The molecule has 0 radical (unpaired) electrons. The van der Waals surface area contributed by atoms with Crippen LogP contribution in [0.25, 0.3) is 0 Å². The highest BCUT2D eigenvalue weighted by Crippen LogP contribution is 2.38. The summed E-state index contributed by atoms with van der Waals surface area (Å²) in [5.74, 6) is -1.27. The first kappa shape index (κ1) is 7.05. The molecule has 1 aliphatic carbocycles. The Balaban J connectivity index is 2.38. The van der Waals surface area contributed by atoms with Crippen LogP contribution in [0.3, 0.4) is 0 Å². The Morgan fingerprint density at radius 1 is 1.50 bits per heavy atom. The highest BCUT2D eigenvalue weighted by molar-refractivity contribution is 5.89. The van der Waals surface area contributed by atoms with Crippen molar-refractivity contribution in [3.63, 3.8) is 0 Å². The van der Waals surface area contributed by atoms with Crippen LogP contribution in [-0.2, 0) is 14.3 Å². The summed E-state index contributed by atoms with van der Waals surface area (Å²) in [7, 11) is 1.30. The molecule has 1 rings (SSSR count). The van der Waals surface area contributed by atoms with Crippen molar-refractivity contribution in [1.82, 2.24) is 0 Å². The summed E-state index contributed by atoms with van der Waals surface area (Å²) in [6.07, 6.45) is 0.558. The van der Waals surface area contributed by atoms with Crippen molar-refractivity contribution in [1.29, 1.82) is 0 Å². The third-order valence-corrected chi connectivity index (χ3v) is 1.66. The molecule has 56 valence electrons. The van der Waals surface area contributed by atoms with Crippen LogP contribution in [0.2, 0.25) is 0 Å². The predicted octanol–water partition coefficient (Wildman–Crippen LogP) is -0.719. The van der Waals surface area contributed by atoms with Crippen LogP contribution in [0.1, 0.15) is 6.42 Å². The van der Waals surface area contributed by atoms with Gasteiger partial charge in [0, 0.05) is 0 Å². The van der Waals surface area contributed by atoms with E-state index in [1.165, 1.54) is 7.11 Å². The zero-order valence-corrected chi connectivity index (χ0v) is 5.66. The minimum absolute atomic E-state index is 0.262.